The van der Waals surface area contributed by atoms with Gasteiger partial charge in [0.05, 0.1) is 6.04 Å². The number of anilines is 1. The molecule has 2 aromatic heterocycles. The molecule has 3 rings (SSSR count). The van der Waals surface area contributed by atoms with E-state index < -0.39 is 0 Å². The Balaban J connectivity index is 1.66. The van der Waals surface area contributed by atoms with Gasteiger partial charge >= 0.3 is 0 Å². The number of hydrogen-bond acceptors (Lipinski definition) is 3. The van der Waals surface area contributed by atoms with Crippen molar-refractivity contribution in [3.8, 4) is 0 Å². The van der Waals surface area contributed by atoms with E-state index in [1.807, 2.05) is 35.1 Å². The maximum atomic E-state index is 4.59. The van der Waals surface area contributed by atoms with E-state index in [2.05, 4.69) is 46.6 Å². The molecule has 1 aromatic carbocycles. The van der Waals surface area contributed by atoms with Gasteiger partial charge in [0, 0.05) is 31.2 Å². The molecule has 1 unspecified atom stereocenters. The van der Waals surface area contributed by atoms with Crippen molar-refractivity contribution in [2.75, 3.05) is 5.32 Å². The SMILES string of the molecule is CC(c1ccccc1)n1ccc(NCc2ccncc2)n1. The second-order valence-electron chi connectivity index (χ2n) is 4.98. The summed E-state index contributed by atoms with van der Waals surface area (Å²) in [6, 6.07) is 16.6. The van der Waals surface area contributed by atoms with Gasteiger partial charge in [-0.3, -0.25) is 9.67 Å². The molecule has 0 bridgehead atoms. The molecule has 0 radical (unpaired) electrons. The molecule has 0 saturated carbocycles. The third-order valence-electron chi connectivity index (χ3n) is 3.51. The third kappa shape index (κ3) is 3.28. The van der Waals surface area contributed by atoms with E-state index >= 15 is 0 Å². The molecule has 3 aromatic rings. The predicted octanol–water partition coefficient (Wildman–Crippen LogP) is 3.50. The number of aromatic nitrogens is 3. The largest absolute Gasteiger partial charge is 0.365 e. The van der Waals surface area contributed by atoms with Crippen LogP contribution in [0.4, 0.5) is 5.82 Å². The first kappa shape index (κ1) is 13.4. The molecule has 106 valence electrons. The van der Waals surface area contributed by atoms with Gasteiger partial charge in [-0.25, -0.2) is 0 Å². The van der Waals surface area contributed by atoms with Crippen LogP contribution in [-0.2, 0) is 6.54 Å². The topological polar surface area (TPSA) is 42.7 Å². The summed E-state index contributed by atoms with van der Waals surface area (Å²) in [6.45, 7) is 2.90. The summed E-state index contributed by atoms with van der Waals surface area (Å²) in [5.41, 5.74) is 2.44. The Morgan fingerprint density at radius 1 is 1.05 bits per heavy atom. The van der Waals surface area contributed by atoms with Crippen LogP contribution in [0.1, 0.15) is 24.1 Å². The lowest BCUT2D eigenvalue weighted by atomic mass is 10.1. The van der Waals surface area contributed by atoms with Crippen molar-refractivity contribution >= 4 is 5.82 Å². The molecule has 0 fully saturated rings. The molecule has 2 heterocycles. The van der Waals surface area contributed by atoms with Gasteiger partial charge in [0.25, 0.3) is 0 Å². The Labute approximate surface area is 124 Å². The molecule has 4 heteroatoms. The van der Waals surface area contributed by atoms with E-state index in [9.17, 15) is 0 Å². The van der Waals surface area contributed by atoms with Crippen LogP contribution in [0.2, 0.25) is 0 Å². The quantitative estimate of drug-likeness (QED) is 0.776. The lowest BCUT2D eigenvalue weighted by Gasteiger charge is -2.12. The van der Waals surface area contributed by atoms with Crippen molar-refractivity contribution in [1.82, 2.24) is 14.8 Å². The minimum atomic E-state index is 0.225. The van der Waals surface area contributed by atoms with E-state index in [-0.39, 0.29) is 6.04 Å². The fourth-order valence-corrected chi connectivity index (χ4v) is 2.23. The molecule has 0 aliphatic rings. The smallest absolute Gasteiger partial charge is 0.148 e. The molecule has 0 amide bonds. The molecular weight excluding hydrogens is 260 g/mol. The summed E-state index contributed by atoms with van der Waals surface area (Å²) >= 11 is 0. The maximum Gasteiger partial charge on any atom is 0.148 e. The first-order chi connectivity index (χ1) is 10.3. The number of nitrogens with zero attached hydrogens (tertiary/aromatic N) is 3. The summed E-state index contributed by atoms with van der Waals surface area (Å²) in [4.78, 5) is 4.01. The van der Waals surface area contributed by atoms with Crippen LogP contribution in [0, 0.1) is 0 Å². The summed E-state index contributed by atoms with van der Waals surface area (Å²) in [5, 5.41) is 7.92. The Bertz CT molecular complexity index is 676. The summed E-state index contributed by atoms with van der Waals surface area (Å²) in [6.07, 6.45) is 5.60. The van der Waals surface area contributed by atoms with E-state index in [0.717, 1.165) is 12.4 Å². The molecule has 21 heavy (non-hydrogen) atoms. The first-order valence-electron chi connectivity index (χ1n) is 7.06. The van der Waals surface area contributed by atoms with Gasteiger partial charge in [-0.05, 0) is 30.2 Å². The fourth-order valence-electron chi connectivity index (χ4n) is 2.23. The van der Waals surface area contributed by atoms with E-state index in [0.29, 0.717) is 0 Å². The highest BCUT2D eigenvalue weighted by atomic mass is 15.3. The van der Waals surface area contributed by atoms with Gasteiger partial charge in [0.15, 0.2) is 0 Å². The highest BCUT2D eigenvalue weighted by Crippen LogP contribution is 2.18. The number of rotatable bonds is 5. The number of nitrogens with one attached hydrogen (secondary N) is 1. The molecular formula is C17H18N4. The van der Waals surface area contributed by atoms with Crippen molar-refractivity contribution in [3.05, 3.63) is 78.2 Å². The summed E-state index contributed by atoms with van der Waals surface area (Å²) < 4.78 is 1.98. The lowest BCUT2D eigenvalue weighted by molar-refractivity contribution is 0.566. The van der Waals surface area contributed by atoms with Gasteiger partial charge in [0.1, 0.15) is 5.82 Å². The second-order valence-corrected chi connectivity index (χ2v) is 4.98. The van der Waals surface area contributed by atoms with Gasteiger partial charge < -0.3 is 5.32 Å². The molecule has 0 aliphatic heterocycles. The number of benzene rings is 1. The minimum absolute atomic E-state index is 0.225. The molecule has 0 spiro atoms. The van der Waals surface area contributed by atoms with Gasteiger partial charge in [-0.2, -0.15) is 5.10 Å². The zero-order valence-corrected chi connectivity index (χ0v) is 12.0. The van der Waals surface area contributed by atoms with E-state index in [1.165, 1.54) is 11.1 Å². The predicted molar refractivity (Wildman–Crippen MR) is 84.0 cm³/mol. The normalized spacial score (nSPS) is 12.0. The monoisotopic (exact) mass is 278 g/mol. The first-order valence-corrected chi connectivity index (χ1v) is 7.06. The van der Waals surface area contributed by atoms with E-state index in [1.54, 1.807) is 12.4 Å². The maximum absolute atomic E-state index is 4.59. The van der Waals surface area contributed by atoms with Crippen LogP contribution in [0.25, 0.3) is 0 Å². The molecule has 0 saturated heterocycles. The Morgan fingerprint density at radius 3 is 2.57 bits per heavy atom. The highest BCUT2D eigenvalue weighted by Gasteiger charge is 2.08. The van der Waals surface area contributed by atoms with Crippen LogP contribution in [0.3, 0.4) is 0 Å². The highest BCUT2D eigenvalue weighted by molar-refractivity contribution is 5.34. The van der Waals surface area contributed by atoms with Crippen molar-refractivity contribution in [1.29, 1.82) is 0 Å². The Morgan fingerprint density at radius 2 is 1.81 bits per heavy atom. The van der Waals surface area contributed by atoms with Crippen molar-refractivity contribution in [2.24, 2.45) is 0 Å². The van der Waals surface area contributed by atoms with Gasteiger partial charge in [-0.15, -0.1) is 0 Å². The molecule has 4 nitrogen and oxygen atoms in total. The van der Waals surface area contributed by atoms with Crippen LogP contribution >= 0.6 is 0 Å². The van der Waals surface area contributed by atoms with Gasteiger partial charge in [0.2, 0.25) is 0 Å². The Hall–Kier alpha value is -2.62. The zero-order chi connectivity index (χ0) is 14.5. The van der Waals surface area contributed by atoms with Crippen LogP contribution in [0.15, 0.2) is 67.1 Å². The summed E-state index contributed by atoms with van der Waals surface area (Å²) in [5.74, 6) is 0.884. The summed E-state index contributed by atoms with van der Waals surface area (Å²) in [7, 11) is 0. The second kappa shape index (κ2) is 6.22. The fraction of sp³-hybridized carbons (Fsp3) is 0.176. The van der Waals surface area contributed by atoms with E-state index in [4.69, 9.17) is 0 Å². The number of pyridine rings is 1. The Kier molecular flexibility index (Phi) is 3.96. The molecule has 1 N–H and O–H groups in total. The molecule has 1 atom stereocenters. The lowest BCUT2D eigenvalue weighted by Crippen LogP contribution is -2.08. The van der Waals surface area contributed by atoms with Crippen LogP contribution in [0.5, 0.6) is 0 Å². The molecule has 0 aliphatic carbocycles. The zero-order valence-electron chi connectivity index (χ0n) is 12.0. The standard InChI is InChI=1S/C17H18N4/c1-14(16-5-3-2-4-6-16)21-12-9-17(20-21)19-13-15-7-10-18-11-8-15/h2-12,14H,13H2,1H3,(H,19,20). The number of hydrogen-bond donors (Lipinski definition) is 1. The van der Waals surface area contributed by atoms with Crippen LogP contribution in [-0.4, -0.2) is 14.8 Å². The van der Waals surface area contributed by atoms with Crippen molar-refractivity contribution in [3.63, 3.8) is 0 Å². The average molecular weight is 278 g/mol. The minimum Gasteiger partial charge on any atom is -0.365 e. The average Bonchev–Trinajstić information content (AvgIpc) is 3.03. The van der Waals surface area contributed by atoms with Gasteiger partial charge in [-0.1, -0.05) is 30.3 Å². The van der Waals surface area contributed by atoms with Crippen molar-refractivity contribution < 1.29 is 0 Å². The van der Waals surface area contributed by atoms with Crippen LogP contribution < -0.4 is 5.32 Å². The third-order valence-corrected chi connectivity index (χ3v) is 3.51. The van der Waals surface area contributed by atoms with Crippen molar-refractivity contribution in [2.45, 2.75) is 19.5 Å².